The first-order valence-electron chi connectivity index (χ1n) is 12.5. The van der Waals surface area contributed by atoms with Gasteiger partial charge >= 0.3 is 36.2 Å². The van der Waals surface area contributed by atoms with E-state index in [1.54, 1.807) is 0 Å². The van der Waals surface area contributed by atoms with Gasteiger partial charge in [0.2, 0.25) is 5.41 Å². The number of rotatable bonds is 8. The van der Waals surface area contributed by atoms with Gasteiger partial charge in [-0.05, 0) is 52.0 Å². The van der Waals surface area contributed by atoms with Crippen LogP contribution in [0, 0.1) is 0 Å². The van der Waals surface area contributed by atoms with Gasteiger partial charge in [0.1, 0.15) is 11.5 Å². The van der Waals surface area contributed by atoms with E-state index < -0.39 is 86.5 Å². The maximum atomic E-state index is 15.0. The first-order valence-corrected chi connectivity index (χ1v) is 12.5. The molecule has 42 heavy (non-hydrogen) atoms. The molecule has 3 rings (SSSR count). The highest BCUT2D eigenvalue weighted by Gasteiger charge is 2.75. The largest absolute Gasteiger partial charge is 0.462 e. The van der Waals surface area contributed by atoms with E-state index in [1.807, 2.05) is 0 Å². The van der Waals surface area contributed by atoms with Crippen molar-refractivity contribution in [3.63, 3.8) is 0 Å². The van der Waals surface area contributed by atoms with E-state index in [4.69, 9.17) is 23.7 Å². The molecule has 1 aliphatic rings. The Morgan fingerprint density at radius 2 is 0.833 bits per heavy atom. The summed E-state index contributed by atoms with van der Waals surface area (Å²) in [5.41, 5.74) is -11.5. The van der Waals surface area contributed by atoms with E-state index in [-0.39, 0.29) is 38.6 Å². The summed E-state index contributed by atoms with van der Waals surface area (Å²) < 4.78 is 115. The lowest BCUT2D eigenvalue weighted by molar-refractivity contribution is -0.290. The summed E-state index contributed by atoms with van der Waals surface area (Å²) in [5, 5.41) is 0. The molecule has 0 saturated heterocycles. The van der Waals surface area contributed by atoms with Gasteiger partial charge in [-0.15, -0.1) is 0 Å². The summed E-state index contributed by atoms with van der Waals surface area (Å²) in [6.45, 7) is 4.24. The van der Waals surface area contributed by atoms with E-state index in [2.05, 4.69) is 0 Å². The van der Waals surface area contributed by atoms with Crippen LogP contribution in [-0.2, 0) is 24.4 Å². The quantitative estimate of drug-likeness (QED) is 0.206. The number of hydrogen-bond acceptors (Lipinski definition) is 9. The molecule has 0 N–H and O–H groups in total. The van der Waals surface area contributed by atoms with Crippen LogP contribution in [0.2, 0.25) is 0 Å². The molecule has 0 aromatic heterocycles. The number of alkyl halides is 6. The zero-order valence-corrected chi connectivity index (χ0v) is 22.6. The lowest BCUT2D eigenvalue weighted by Crippen LogP contribution is -2.56. The van der Waals surface area contributed by atoms with Crippen molar-refractivity contribution in [2.75, 3.05) is 26.4 Å². The van der Waals surface area contributed by atoms with Gasteiger partial charge in [0.05, 0.1) is 48.7 Å². The molecule has 0 radical (unpaired) electrons. The normalized spacial score (nSPS) is 13.7. The van der Waals surface area contributed by atoms with Crippen LogP contribution >= 0.6 is 0 Å². The third-order valence-corrected chi connectivity index (χ3v) is 6.10. The number of esters is 4. The van der Waals surface area contributed by atoms with E-state index >= 15 is 0 Å². The maximum absolute atomic E-state index is 15.0. The van der Waals surface area contributed by atoms with Gasteiger partial charge in [-0.25, -0.2) is 19.2 Å². The van der Waals surface area contributed by atoms with E-state index in [9.17, 15) is 45.5 Å². The number of benzene rings is 2. The average molecular weight is 606 g/mol. The van der Waals surface area contributed by atoms with Crippen molar-refractivity contribution in [2.45, 2.75) is 45.5 Å². The Bertz CT molecular complexity index is 1310. The molecule has 0 aliphatic carbocycles. The van der Waals surface area contributed by atoms with Crippen LogP contribution in [0.5, 0.6) is 11.5 Å². The molecule has 0 bridgehead atoms. The van der Waals surface area contributed by atoms with Crippen LogP contribution in [0.15, 0.2) is 24.3 Å². The second-order valence-electron chi connectivity index (χ2n) is 8.52. The van der Waals surface area contributed by atoms with Crippen molar-refractivity contribution in [3.05, 3.63) is 57.6 Å². The molecule has 0 fully saturated rings. The van der Waals surface area contributed by atoms with Crippen LogP contribution < -0.4 is 4.74 Å². The van der Waals surface area contributed by atoms with Gasteiger partial charge in [-0.1, -0.05) is 0 Å². The van der Waals surface area contributed by atoms with Gasteiger partial charge in [0.25, 0.3) is 0 Å². The van der Waals surface area contributed by atoms with Crippen molar-refractivity contribution in [3.8, 4) is 11.5 Å². The Labute approximate surface area is 234 Å². The summed E-state index contributed by atoms with van der Waals surface area (Å²) >= 11 is 0. The molecule has 0 atom stereocenters. The second kappa shape index (κ2) is 11.9. The summed E-state index contributed by atoms with van der Waals surface area (Å²) in [7, 11) is 0. The van der Waals surface area contributed by atoms with E-state index in [0.29, 0.717) is 12.1 Å². The zero-order chi connectivity index (χ0) is 31.6. The second-order valence-corrected chi connectivity index (χ2v) is 8.52. The lowest BCUT2D eigenvalue weighted by atomic mass is 9.69. The summed E-state index contributed by atoms with van der Waals surface area (Å²) in [5.74, 6) is -7.56. The minimum atomic E-state index is -6.19. The average Bonchev–Trinajstić information content (AvgIpc) is 2.89. The molecular weight excluding hydrogens is 582 g/mol. The first-order chi connectivity index (χ1) is 19.6. The summed E-state index contributed by atoms with van der Waals surface area (Å²) in [4.78, 5) is 50.6. The van der Waals surface area contributed by atoms with Crippen LogP contribution in [0.25, 0.3) is 0 Å². The summed E-state index contributed by atoms with van der Waals surface area (Å²) in [6.07, 6.45) is -12.4. The zero-order valence-electron chi connectivity index (χ0n) is 22.6. The Morgan fingerprint density at radius 1 is 0.571 bits per heavy atom. The highest BCUT2D eigenvalue weighted by atomic mass is 19.4. The third-order valence-electron chi connectivity index (χ3n) is 6.10. The molecule has 2 aromatic rings. The molecule has 0 amide bonds. The van der Waals surface area contributed by atoms with Crippen LogP contribution in [0.1, 0.15) is 80.3 Å². The van der Waals surface area contributed by atoms with Crippen LogP contribution in [-0.4, -0.2) is 62.7 Å². The Hall–Kier alpha value is -4.30. The van der Waals surface area contributed by atoms with Crippen LogP contribution in [0.4, 0.5) is 26.3 Å². The van der Waals surface area contributed by atoms with Crippen LogP contribution in [0.3, 0.4) is 0 Å². The highest BCUT2D eigenvalue weighted by Crippen LogP contribution is 2.63. The van der Waals surface area contributed by atoms with Gasteiger partial charge in [-0.2, -0.15) is 26.3 Å². The molecule has 228 valence electrons. The molecule has 9 nitrogen and oxygen atoms in total. The Balaban J connectivity index is 2.55. The molecule has 0 saturated carbocycles. The number of hydrogen-bond donors (Lipinski definition) is 0. The number of halogens is 6. The topological polar surface area (TPSA) is 114 Å². The third kappa shape index (κ3) is 5.34. The summed E-state index contributed by atoms with van der Waals surface area (Å²) in [6, 6.07) is 1.40. The predicted molar refractivity (Wildman–Crippen MR) is 130 cm³/mol. The number of ether oxygens (including phenoxy) is 5. The predicted octanol–water partition coefficient (Wildman–Crippen LogP) is 5.91. The van der Waals surface area contributed by atoms with Crippen molar-refractivity contribution in [2.24, 2.45) is 0 Å². The smallest absolute Gasteiger partial charge is 0.411 e. The fraction of sp³-hybridized carbons (Fsp3) is 0.407. The molecule has 15 heteroatoms. The van der Waals surface area contributed by atoms with Crippen molar-refractivity contribution < 1.29 is 69.2 Å². The standard InChI is InChI=1S/C27H24F6O9/c1-5-38-21(34)13-9-17-19(11-15(13)23(36)40-7-3)42-20-12-16(24(37)41-8-4)14(22(35)39-6-2)10-18(20)25(17,26(28,29)30)27(31,32)33/h9-12H,5-8H2,1-4H3. The fourth-order valence-electron chi connectivity index (χ4n) is 4.46. The molecule has 1 heterocycles. The number of carbonyl (C=O) groups excluding carboxylic acids is 4. The SMILES string of the molecule is CCOC(=O)c1cc2c(cc1C(=O)OCC)C(C(F)(F)F)(C(F)(F)F)c1cc(C(=O)OCC)c(C(=O)OCC)cc1O2. The van der Waals surface area contributed by atoms with Gasteiger partial charge in [0.15, 0.2) is 0 Å². The lowest BCUT2D eigenvalue weighted by Gasteiger charge is -2.42. The molecular formula is C27H24F6O9. The highest BCUT2D eigenvalue weighted by molar-refractivity contribution is 6.05. The number of fused-ring (bicyclic) bond motifs is 2. The van der Waals surface area contributed by atoms with Gasteiger partial charge in [0, 0.05) is 11.1 Å². The van der Waals surface area contributed by atoms with E-state index in [1.165, 1.54) is 27.7 Å². The van der Waals surface area contributed by atoms with E-state index in [0.717, 1.165) is 0 Å². The maximum Gasteiger partial charge on any atom is 0.411 e. The van der Waals surface area contributed by atoms with Crippen molar-refractivity contribution in [1.82, 2.24) is 0 Å². The molecule has 0 spiro atoms. The van der Waals surface area contributed by atoms with Crippen molar-refractivity contribution >= 4 is 23.9 Å². The minimum Gasteiger partial charge on any atom is -0.462 e. The Morgan fingerprint density at radius 3 is 1.07 bits per heavy atom. The van der Waals surface area contributed by atoms with Gasteiger partial charge < -0.3 is 23.7 Å². The monoisotopic (exact) mass is 606 g/mol. The van der Waals surface area contributed by atoms with Crippen molar-refractivity contribution in [1.29, 1.82) is 0 Å². The molecule has 0 unspecified atom stereocenters. The molecule has 2 aromatic carbocycles. The number of carbonyl (C=O) groups is 4. The molecule has 1 aliphatic heterocycles. The minimum absolute atomic E-state index is 0.201. The van der Waals surface area contributed by atoms with Gasteiger partial charge in [-0.3, -0.25) is 0 Å². The Kier molecular flexibility index (Phi) is 9.13. The first kappa shape index (κ1) is 32.2. The fourth-order valence-corrected chi connectivity index (χ4v) is 4.46.